The monoisotopic (exact) mass is 342 g/mol. The summed E-state index contributed by atoms with van der Waals surface area (Å²) in [5.41, 5.74) is 0. The minimum Gasteiger partial charge on any atom is -0.370 e. The van der Waals surface area contributed by atoms with Crippen LogP contribution in [0.5, 0.6) is 0 Å². The van der Waals surface area contributed by atoms with Gasteiger partial charge in [0.15, 0.2) is 0 Å². The first-order valence-electron chi connectivity index (χ1n) is 8.93. The molecule has 25 heavy (non-hydrogen) atoms. The Labute approximate surface area is 148 Å². The van der Waals surface area contributed by atoms with E-state index in [1.165, 1.54) is 0 Å². The third-order valence-electron chi connectivity index (χ3n) is 4.39. The van der Waals surface area contributed by atoms with Gasteiger partial charge in [0.05, 0.1) is 12.7 Å². The molecule has 2 aromatic rings. The van der Waals surface area contributed by atoms with Gasteiger partial charge in [-0.15, -0.1) is 0 Å². The van der Waals surface area contributed by atoms with Crippen molar-refractivity contribution in [1.82, 2.24) is 19.7 Å². The number of aryl methyl sites for hydroxylation is 1. The highest BCUT2D eigenvalue weighted by atomic mass is 16.2. The van der Waals surface area contributed by atoms with Gasteiger partial charge < -0.3 is 10.6 Å². The molecular formula is C18H26N6O. The molecule has 3 heterocycles. The summed E-state index contributed by atoms with van der Waals surface area (Å²) in [6.45, 7) is 6.11. The first kappa shape index (κ1) is 17.4. The molecule has 1 aliphatic heterocycles. The predicted molar refractivity (Wildman–Crippen MR) is 98.4 cm³/mol. The lowest BCUT2D eigenvalue weighted by atomic mass is 10.1. The van der Waals surface area contributed by atoms with Crippen molar-refractivity contribution in [3.63, 3.8) is 0 Å². The zero-order valence-corrected chi connectivity index (χ0v) is 14.7. The molecule has 0 unspecified atom stereocenters. The molecule has 0 aromatic carbocycles. The van der Waals surface area contributed by atoms with E-state index in [1.54, 1.807) is 12.4 Å². The Balaban J connectivity index is 1.41. The summed E-state index contributed by atoms with van der Waals surface area (Å²) in [5, 5.41) is 10.6. The fraction of sp³-hybridized carbons (Fsp3) is 0.500. The molecule has 1 amide bonds. The summed E-state index contributed by atoms with van der Waals surface area (Å²) >= 11 is 0. The Morgan fingerprint density at radius 2 is 2.24 bits per heavy atom. The van der Waals surface area contributed by atoms with Crippen LogP contribution in [0.2, 0.25) is 0 Å². The number of carbonyl (C=O) groups is 1. The van der Waals surface area contributed by atoms with E-state index < -0.39 is 0 Å². The van der Waals surface area contributed by atoms with Gasteiger partial charge in [0.25, 0.3) is 0 Å². The first-order chi connectivity index (χ1) is 12.2. The van der Waals surface area contributed by atoms with Crippen LogP contribution in [0.1, 0.15) is 19.8 Å². The number of amides is 1. The second kappa shape index (κ2) is 8.62. The van der Waals surface area contributed by atoms with Gasteiger partial charge in [-0.05, 0) is 37.4 Å². The van der Waals surface area contributed by atoms with Gasteiger partial charge in [0.1, 0.15) is 11.6 Å². The van der Waals surface area contributed by atoms with Gasteiger partial charge in [-0.25, -0.2) is 9.67 Å². The van der Waals surface area contributed by atoms with Crippen molar-refractivity contribution in [2.75, 3.05) is 36.8 Å². The Morgan fingerprint density at radius 1 is 1.32 bits per heavy atom. The molecule has 0 radical (unpaired) electrons. The van der Waals surface area contributed by atoms with Crippen LogP contribution in [-0.4, -0.2) is 51.8 Å². The standard InChI is InChI=1S/C18H26N6O/c1-2-10-24-17(6-9-21-24)22-18(25)14-23-11-7-15(13-23)12-20-16-5-3-4-8-19-16/h3-6,8-9,15H,2,7,10-14H2,1H3,(H,19,20)(H,22,25)/t15-/m1/s1. The molecule has 7 heteroatoms. The molecule has 7 nitrogen and oxygen atoms in total. The van der Waals surface area contributed by atoms with Crippen LogP contribution in [0.4, 0.5) is 11.6 Å². The number of pyridine rings is 1. The van der Waals surface area contributed by atoms with E-state index in [4.69, 9.17) is 0 Å². The second-order valence-electron chi connectivity index (χ2n) is 6.47. The van der Waals surface area contributed by atoms with Crippen molar-refractivity contribution in [1.29, 1.82) is 0 Å². The van der Waals surface area contributed by atoms with Gasteiger partial charge in [-0.1, -0.05) is 13.0 Å². The van der Waals surface area contributed by atoms with Gasteiger partial charge >= 0.3 is 0 Å². The van der Waals surface area contributed by atoms with Crippen LogP contribution < -0.4 is 10.6 Å². The molecule has 0 spiro atoms. The van der Waals surface area contributed by atoms with Crippen molar-refractivity contribution in [3.05, 3.63) is 36.7 Å². The highest BCUT2D eigenvalue weighted by Crippen LogP contribution is 2.17. The second-order valence-corrected chi connectivity index (χ2v) is 6.47. The van der Waals surface area contributed by atoms with Crippen LogP contribution >= 0.6 is 0 Å². The Bertz CT molecular complexity index is 671. The van der Waals surface area contributed by atoms with Crippen molar-refractivity contribution in [2.24, 2.45) is 5.92 Å². The molecule has 1 atom stereocenters. The van der Waals surface area contributed by atoms with Crippen LogP contribution in [0.3, 0.4) is 0 Å². The summed E-state index contributed by atoms with van der Waals surface area (Å²) in [4.78, 5) is 18.8. The molecule has 1 fully saturated rings. The van der Waals surface area contributed by atoms with Crippen molar-refractivity contribution in [3.8, 4) is 0 Å². The Morgan fingerprint density at radius 3 is 3.04 bits per heavy atom. The third kappa shape index (κ3) is 5.03. The van der Waals surface area contributed by atoms with E-state index in [9.17, 15) is 4.79 Å². The third-order valence-corrected chi connectivity index (χ3v) is 4.39. The number of hydrogen-bond acceptors (Lipinski definition) is 5. The molecule has 0 saturated carbocycles. The smallest absolute Gasteiger partial charge is 0.239 e. The molecule has 1 saturated heterocycles. The highest BCUT2D eigenvalue weighted by molar-refractivity contribution is 5.91. The Hall–Kier alpha value is -2.41. The van der Waals surface area contributed by atoms with E-state index in [-0.39, 0.29) is 5.91 Å². The lowest BCUT2D eigenvalue weighted by Crippen LogP contribution is -2.32. The molecule has 2 N–H and O–H groups in total. The van der Waals surface area contributed by atoms with Gasteiger partial charge in [-0.3, -0.25) is 9.69 Å². The minimum atomic E-state index is 0.0242. The fourth-order valence-corrected chi connectivity index (χ4v) is 3.15. The summed E-state index contributed by atoms with van der Waals surface area (Å²) < 4.78 is 1.83. The zero-order valence-electron chi connectivity index (χ0n) is 14.7. The predicted octanol–water partition coefficient (Wildman–Crippen LogP) is 2.06. The maximum atomic E-state index is 12.3. The van der Waals surface area contributed by atoms with Crippen molar-refractivity contribution in [2.45, 2.75) is 26.3 Å². The Kier molecular flexibility index (Phi) is 6.00. The van der Waals surface area contributed by atoms with E-state index in [2.05, 4.69) is 32.5 Å². The van der Waals surface area contributed by atoms with Crippen LogP contribution in [0, 0.1) is 5.92 Å². The minimum absolute atomic E-state index is 0.0242. The maximum Gasteiger partial charge on any atom is 0.239 e. The van der Waals surface area contributed by atoms with Gasteiger partial charge in [0.2, 0.25) is 5.91 Å². The first-order valence-corrected chi connectivity index (χ1v) is 8.93. The normalized spacial score (nSPS) is 17.6. The quantitative estimate of drug-likeness (QED) is 0.768. The topological polar surface area (TPSA) is 75.1 Å². The number of carbonyl (C=O) groups excluding carboxylic acids is 1. The molecule has 1 aliphatic rings. The van der Waals surface area contributed by atoms with Gasteiger partial charge in [0, 0.05) is 31.9 Å². The van der Waals surface area contributed by atoms with E-state index >= 15 is 0 Å². The van der Waals surface area contributed by atoms with E-state index in [0.717, 1.165) is 50.7 Å². The van der Waals surface area contributed by atoms with E-state index in [1.807, 2.05) is 28.9 Å². The maximum absolute atomic E-state index is 12.3. The number of aromatic nitrogens is 3. The van der Waals surface area contributed by atoms with Gasteiger partial charge in [-0.2, -0.15) is 5.10 Å². The lowest BCUT2D eigenvalue weighted by Gasteiger charge is -2.16. The molecule has 0 aliphatic carbocycles. The molecule has 3 rings (SSSR count). The molecule has 134 valence electrons. The molecule has 0 bridgehead atoms. The van der Waals surface area contributed by atoms with Crippen LogP contribution in [-0.2, 0) is 11.3 Å². The van der Waals surface area contributed by atoms with Crippen molar-refractivity contribution >= 4 is 17.5 Å². The number of anilines is 2. The largest absolute Gasteiger partial charge is 0.370 e. The number of nitrogens with zero attached hydrogens (tertiary/aromatic N) is 4. The van der Waals surface area contributed by atoms with Crippen LogP contribution in [0.15, 0.2) is 36.7 Å². The number of rotatable bonds is 8. The number of likely N-dealkylation sites (tertiary alicyclic amines) is 1. The SMILES string of the molecule is CCCn1nccc1NC(=O)CN1CC[C@H](CNc2ccccn2)C1. The highest BCUT2D eigenvalue weighted by Gasteiger charge is 2.24. The average Bonchev–Trinajstić information content (AvgIpc) is 3.24. The molecular weight excluding hydrogens is 316 g/mol. The number of nitrogens with one attached hydrogen (secondary N) is 2. The summed E-state index contributed by atoms with van der Waals surface area (Å²) in [6, 6.07) is 7.70. The summed E-state index contributed by atoms with van der Waals surface area (Å²) in [7, 11) is 0. The summed E-state index contributed by atoms with van der Waals surface area (Å²) in [6.07, 6.45) is 5.60. The fourth-order valence-electron chi connectivity index (χ4n) is 3.15. The van der Waals surface area contributed by atoms with E-state index in [0.29, 0.717) is 12.5 Å². The average molecular weight is 342 g/mol. The lowest BCUT2D eigenvalue weighted by molar-refractivity contribution is -0.117. The van der Waals surface area contributed by atoms with Crippen LogP contribution in [0.25, 0.3) is 0 Å². The zero-order chi connectivity index (χ0) is 17.5. The number of hydrogen-bond donors (Lipinski definition) is 2. The van der Waals surface area contributed by atoms with Crippen molar-refractivity contribution < 1.29 is 4.79 Å². The summed E-state index contributed by atoms with van der Waals surface area (Å²) in [5.74, 6) is 2.25. The molecule has 2 aromatic heterocycles.